The van der Waals surface area contributed by atoms with Crippen LogP contribution in [0.25, 0.3) is 0 Å². The first kappa shape index (κ1) is 18.5. The van der Waals surface area contributed by atoms with Crippen LogP contribution in [0.3, 0.4) is 0 Å². The van der Waals surface area contributed by atoms with Gasteiger partial charge in [0.25, 0.3) is 0 Å². The van der Waals surface area contributed by atoms with Crippen molar-refractivity contribution in [1.29, 1.82) is 0 Å². The second kappa shape index (κ2) is 8.29. The maximum absolute atomic E-state index is 12.4. The Labute approximate surface area is 158 Å². The Bertz CT molecular complexity index is 571. The number of carbonyl (C=O) groups excluding carboxylic acids is 2. The van der Waals surface area contributed by atoms with Gasteiger partial charge < -0.3 is 19.5 Å². The van der Waals surface area contributed by atoms with Crippen LogP contribution in [0.5, 0.6) is 0 Å². The maximum atomic E-state index is 12.4. The summed E-state index contributed by atoms with van der Waals surface area (Å²) < 4.78 is 5.23. The number of aryl methyl sites for hydroxylation is 1. The van der Waals surface area contributed by atoms with Crippen LogP contribution in [0.4, 0.5) is 0 Å². The molecule has 0 bridgehead atoms. The predicted molar refractivity (Wildman–Crippen MR) is 78.0 cm³/mol. The number of morpholine rings is 1. The summed E-state index contributed by atoms with van der Waals surface area (Å²) in [6.07, 6.45) is 1.66. The van der Waals surface area contributed by atoms with Gasteiger partial charge in [0.1, 0.15) is 0 Å². The summed E-state index contributed by atoms with van der Waals surface area (Å²) in [5.41, 5.74) is 2.25. The Balaban J connectivity index is 0.00000192. The number of nitrogens with zero attached hydrogens (tertiary/aromatic N) is 1. The number of rotatable bonds is 4. The molecule has 1 amide bonds. The second-order valence-electron chi connectivity index (χ2n) is 5.97. The van der Waals surface area contributed by atoms with Crippen LogP contribution in [0, 0.1) is 5.92 Å². The Morgan fingerprint density at radius 3 is 2.65 bits per heavy atom. The zero-order valence-corrected chi connectivity index (χ0v) is 15.5. The quantitative estimate of drug-likeness (QED) is 0.567. The number of carboxylic acid groups (broad SMARTS) is 1. The number of aliphatic carboxylic acids is 1. The molecule has 5 nitrogen and oxygen atoms in total. The number of ether oxygens (including phenoxy) is 1. The van der Waals surface area contributed by atoms with Crippen molar-refractivity contribution in [1.82, 2.24) is 4.90 Å². The van der Waals surface area contributed by atoms with Gasteiger partial charge in [-0.3, -0.25) is 4.79 Å². The first-order valence-corrected chi connectivity index (χ1v) is 7.81. The minimum absolute atomic E-state index is 0. The van der Waals surface area contributed by atoms with Crippen molar-refractivity contribution >= 4 is 11.9 Å². The summed E-state index contributed by atoms with van der Waals surface area (Å²) in [4.78, 5) is 25.7. The van der Waals surface area contributed by atoms with Crippen molar-refractivity contribution in [3.05, 3.63) is 35.4 Å². The van der Waals surface area contributed by atoms with Crippen LogP contribution in [0.15, 0.2) is 24.3 Å². The normalized spacial score (nSPS) is 21.2. The number of fused-ring (bicyclic) bond motifs is 1. The summed E-state index contributed by atoms with van der Waals surface area (Å²) in [6.45, 7) is 2.13. The van der Waals surface area contributed by atoms with Crippen LogP contribution in [-0.4, -0.2) is 43.1 Å². The molecule has 3 rings (SSSR count). The van der Waals surface area contributed by atoms with Crippen molar-refractivity contribution < 1.29 is 49.0 Å². The van der Waals surface area contributed by atoms with E-state index >= 15 is 0 Å². The number of benzene rings is 1. The number of hydrogen-bond acceptors (Lipinski definition) is 4. The molecule has 23 heavy (non-hydrogen) atoms. The van der Waals surface area contributed by atoms with Crippen LogP contribution >= 0.6 is 0 Å². The van der Waals surface area contributed by atoms with E-state index < -0.39 is 11.9 Å². The molecule has 1 aliphatic heterocycles. The van der Waals surface area contributed by atoms with Gasteiger partial charge in [-0.2, -0.15) is 0 Å². The Morgan fingerprint density at radius 2 is 1.96 bits per heavy atom. The molecule has 1 unspecified atom stereocenters. The largest absolute Gasteiger partial charge is 1.00 e. The zero-order valence-electron chi connectivity index (χ0n) is 13.5. The van der Waals surface area contributed by atoms with Gasteiger partial charge >= 0.3 is 29.6 Å². The van der Waals surface area contributed by atoms with Gasteiger partial charge in [-0.05, 0) is 29.9 Å². The molecule has 118 valence electrons. The van der Waals surface area contributed by atoms with Crippen LogP contribution < -0.4 is 34.7 Å². The molecule has 1 heterocycles. The number of amides is 1. The van der Waals surface area contributed by atoms with Gasteiger partial charge in [0, 0.05) is 31.4 Å². The van der Waals surface area contributed by atoms with Crippen molar-refractivity contribution in [2.45, 2.75) is 25.2 Å². The van der Waals surface area contributed by atoms with E-state index in [4.69, 9.17) is 4.74 Å². The average Bonchev–Trinajstić information content (AvgIpc) is 2.96. The topological polar surface area (TPSA) is 69.7 Å². The molecule has 0 spiro atoms. The smallest absolute Gasteiger partial charge is 0.550 e. The molecule has 1 fully saturated rings. The first-order valence-electron chi connectivity index (χ1n) is 7.81. The Kier molecular flexibility index (Phi) is 6.65. The van der Waals surface area contributed by atoms with E-state index in [1.54, 1.807) is 4.90 Å². The number of carbonyl (C=O) groups is 2. The molecule has 2 aliphatic rings. The van der Waals surface area contributed by atoms with Gasteiger partial charge in [-0.15, -0.1) is 0 Å². The molecular formula is C17H20NNaO4. The van der Waals surface area contributed by atoms with Crippen molar-refractivity contribution in [2.24, 2.45) is 5.92 Å². The van der Waals surface area contributed by atoms with E-state index in [9.17, 15) is 14.7 Å². The summed E-state index contributed by atoms with van der Waals surface area (Å²) in [5, 5.41) is 11.6. The van der Waals surface area contributed by atoms with E-state index in [-0.39, 0.29) is 47.8 Å². The molecule has 6 heteroatoms. The molecule has 0 radical (unpaired) electrons. The minimum Gasteiger partial charge on any atom is -0.550 e. The van der Waals surface area contributed by atoms with E-state index in [0.29, 0.717) is 26.3 Å². The average molecular weight is 325 g/mol. The standard InChI is InChI=1S/C17H21NO4.Na/c19-16(18-7-9-22-10-8-18)11-15(17(20)21)14-6-5-12-3-1-2-4-13(12)14;/h1-4,14-15H,5-11H2,(H,20,21);/q;+1/p-1/t14-,15?;/m1./s1. The molecular weight excluding hydrogens is 305 g/mol. The summed E-state index contributed by atoms with van der Waals surface area (Å²) in [5.74, 6) is -2.10. The molecule has 1 aromatic carbocycles. The van der Waals surface area contributed by atoms with Crippen molar-refractivity contribution in [3.63, 3.8) is 0 Å². The van der Waals surface area contributed by atoms with Gasteiger partial charge in [-0.25, -0.2) is 0 Å². The van der Waals surface area contributed by atoms with Crippen LogP contribution in [-0.2, 0) is 20.7 Å². The van der Waals surface area contributed by atoms with Gasteiger partial charge in [0.05, 0.1) is 13.2 Å². The second-order valence-corrected chi connectivity index (χ2v) is 5.97. The fourth-order valence-electron chi connectivity index (χ4n) is 3.53. The maximum Gasteiger partial charge on any atom is 1.00 e. The molecule has 1 aliphatic carbocycles. The first-order chi connectivity index (χ1) is 10.7. The summed E-state index contributed by atoms with van der Waals surface area (Å²) in [7, 11) is 0. The molecule has 0 saturated carbocycles. The third kappa shape index (κ3) is 4.15. The molecule has 0 aromatic heterocycles. The van der Waals surface area contributed by atoms with E-state index in [1.165, 1.54) is 5.56 Å². The van der Waals surface area contributed by atoms with Gasteiger partial charge in [-0.1, -0.05) is 24.3 Å². The van der Waals surface area contributed by atoms with Crippen LogP contribution in [0.2, 0.25) is 0 Å². The number of carboxylic acids is 1. The molecule has 2 atom stereocenters. The van der Waals surface area contributed by atoms with E-state index in [0.717, 1.165) is 18.4 Å². The predicted octanol–water partition coefficient (Wildman–Crippen LogP) is -2.66. The van der Waals surface area contributed by atoms with E-state index in [1.807, 2.05) is 24.3 Å². The van der Waals surface area contributed by atoms with Gasteiger partial charge in [0.2, 0.25) is 5.91 Å². The summed E-state index contributed by atoms with van der Waals surface area (Å²) in [6, 6.07) is 7.90. The third-order valence-electron chi connectivity index (χ3n) is 4.73. The van der Waals surface area contributed by atoms with Gasteiger partial charge in [0.15, 0.2) is 0 Å². The zero-order chi connectivity index (χ0) is 15.5. The fourth-order valence-corrected chi connectivity index (χ4v) is 3.53. The fraction of sp³-hybridized carbons (Fsp3) is 0.529. The van der Waals surface area contributed by atoms with Crippen LogP contribution in [0.1, 0.15) is 29.9 Å². The Morgan fingerprint density at radius 1 is 1.26 bits per heavy atom. The minimum atomic E-state index is -1.12. The third-order valence-corrected chi connectivity index (χ3v) is 4.73. The van der Waals surface area contributed by atoms with Crippen molar-refractivity contribution in [2.75, 3.05) is 26.3 Å². The number of hydrogen-bond donors (Lipinski definition) is 0. The SMILES string of the molecule is O=C([O-])C(CC(=O)N1CCOCC1)[C@@H]1CCc2ccccc21.[Na+]. The molecule has 1 saturated heterocycles. The Hall–Kier alpha value is -0.880. The van der Waals surface area contributed by atoms with E-state index in [2.05, 4.69) is 0 Å². The molecule has 0 N–H and O–H groups in total. The summed E-state index contributed by atoms with van der Waals surface area (Å²) >= 11 is 0. The van der Waals surface area contributed by atoms with Crippen molar-refractivity contribution in [3.8, 4) is 0 Å². The molecule has 1 aromatic rings. The monoisotopic (exact) mass is 325 g/mol.